The van der Waals surface area contributed by atoms with Gasteiger partial charge in [-0.15, -0.1) is 0 Å². The molecular formula is C13H13BrN2. The standard InChI is InChI=1S/C13H13BrN2/c1-13(2)12-4-3-7-16(12)11-6-5-9(14)8-10(11)15-13/h3-8,15H,1-2H3. The van der Waals surface area contributed by atoms with Gasteiger partial charge < -0.3 is 9.88 Å². The Kier molecular flexibility index (Phi) is 1.96. The molecule has 2 nitrogen and oxygen atoms in total. The van der Waals surface area contributed by atoms with E-state index in [-0.39, 0.29) is 5.54 Å². The molecular weight excluding hydrogens is 264 g/mol. The lowest BCUT2D eigenvalue weighted by atomic mass is 9.97. The first-order valence-corrected chi connectivity index (χ1v) is 6.13. The third-order valence-corrected chi connectivity index (χ3v) is 3.55. The highest BCUT2D eigenvalue weighted by molar-refractivity contribution is 9.10. The zero-order chi connectivity index (χ0) is 11.3. The Hall–Kier alpha value is -1.22. The van der Waals surface area contributed by atoms with Gasteiger partial charge in [-0.2, -0.15) is 0 Å². The van der Waals surface area contributed by atoms with Crippen molar-refractivity contribution in [2.45, 2.75) is 19.4 Å². The smallest absolute Gasteiger partial charge is 0.0723 e. The molecule has 0 radical (unpaired) electrons. The van der Waals surface area contributed by atoms with Crippen LogP contribution in [0.5, 0.6) is 0 Å². The lowest BCUT2D eigenvalue weighted by molar-refractivity contribution is 0.560. The third-order valence-electron chi connectivity index (χ3n) is 3.05. The van der Waals surface area contributed by atoms with E-state index in [1.54, 1.807) is 0 Å². The summed E-state index contributed by atoms with van der Waals surface area (Å²) in [5.74, 6) is 0. The molecule has 16 heavy (non-hydrogen) atoms. The Morgan fingerprint density at radius 1 is 1.25 bits per heavy atom. The topological polar surface area (TPSA) is 17.0 Å². The second kappa shape index (κ2) is 3.14. The van der Waals surface area contributed by atoms with Gasteiger partial charge in [-0.25, -0.2) is 0 Å². The van der Waals surface area contributed by atoms with Gasteiger partial charge in [-0.1, -0.05) is 15.9 Å². The molecule has 0 bridgehead atoms. The van der Waals surface area contributed by atoms with Gasteiger partial charge in [0, 0.05) is 16.4 Å². The number of benzene rings is 1. The van der Waals surface area contributed by atoms with Gasteiger partial charge in [0.1, 0.15) is 0 Å². The van der Waals surface area contributed by atoms with Gasteiger partial charge in [0.05, 0.1) is 16.9 Å². The number of nitrogens with one attached hydrogen (secondary N) is 1. The van der Waals surface area contributed by atoms with Gasteiger partial charge in [-0.05, 0) is 44.2 Å². The van der Waals surface area contributed by atoms with Crippen LogP contribution in [-0.4, -0.2) is 4.57 Å². The summed E-state index contributed by atoms with van der Waals surface area (Å²) in [6, 6.07) is 10.6. The van der Waals surface area contributed by atoms with Crippen LogP contribution in [0.1, 0.15) is 19.5 Å². The van der Waals surface area contributed by atoms with Crippen molar-refractivity contribution in [3.05, 3.63) is 46.7 Å². The number of rotatable bonds is 0. The monoisotopic (exact) mass is 276 g/mol. The minimum Gasteiger partial charge on any atom is -0.373 e. The average molecular weight is 277 g/mol. The summed E-state index contributed by atoms with van der Waals surface area (Å²) < 4.78 is 3.35. The molecule has 1 aliphatic rings. The molecule has 1 aromatic carbocycles. The molecule has 1 aromatic heterocycles. The highest BCUT2D eigenvalue weighted by Gasteiger charge is 2.29. The second-order valence-electron chi connectivity index (χ2n) is 4.67. The predicted molar refractivity (Wildman–Crippen MR) is 70.1 cm³/mol. The first-order chi connectivity index (χ1) is 7.58. The first kappa shape index (κ1) is 9.97. The van der Waals surface area contributed by atoms with Gasteiger partial charge >= 0.3 is 0 Å². The van der Waals surface area contributed by atoms with Crippen LogP contribution < -0.4 is 5.32 Å². The van der Waals surface area contributed by atoms with Crippen molar-refractivity contribution in [3.63, 3.8) is 0 Å². The van der Waals surface area contributed by atoms with Crippen LogP contribution in [0.4, 0.5) is 5.69 Å². The van der Waals surface area contributed by atoms with Crippen molar-refractivity contribution in [3.8, 4) is 5.69 Å². The van der Waals surface area contributed by atoms with Crippen LogP contribution in [0.2, 0.25) is 0 Å². The Labute approximate surface area is 103 Å². The number of aromatic nitrogens is 1. The molecule has 0 spiro atoms. The predicted octanol–water partition coefficient (Wildman–Crippen LogP) is 3.90. The Balaban J connectivity index is 2.30. The third kappa shape index (κ3) is 1.31. The van der Waals surface area contributed by atoms with Crippen LogP contribution in [0.3, 0.4) is 0 Å². The molecule has 2 heterocycles. The number of hydrogen-bond donors (Lipinski definition) is 1. The molecule has 1 aliphatic heterocycles. The second-order valence-corrected chi connectivity index (χ2v) is 5.59. The van der Waals surface area contributed by atoms with Crippen LogP contribution >= 0.6 is 15.9 Å². The van der Waals surface area contributed by atoms with Gasteiger partial charge in [0.25, 0.3) is 0 Å². The molecule has 1 N–H and O–H groups in total. The molecule has 0 amide bonds. The quantitative estimate of drug-likeness (QED) is 0.772. The van der Waals surface area contributed by atoms with Crippen molar-refractivity contribution < 1.29 is 0 Å². The summed E-state index contributed by atoms with van der Waals surface area (Å²) in [6.45, 7) is 4.39. The summed E-state index contributed by atoms with van der Waals surface area (Å²) in [4.78, 5) is 0. The molecule has 0 unspecified atom stereocenters. The molecule has 3 heteroatoms. The van der Waals surface area contributed by atoms with Gasteiger partial charge in [0.15, 0.2) is 0 Å². The molecule has 82 valence electrons. The van der Waals surface area contributed by atoms with Crippen molar-refractivity contribution in [2.75, 3.05) is 5.32 Å². The molecule has 0 aliphatic carbocycles. The molecule has 3 rings (SSSR count). The number of halogens is 1. The molecule has 0 saturated carbocycles. The largest absolute Gasteiger partial charge is 0.373 e. The molecule has 0 atom stereocenters. The summed E-state index contributed by atoms with van der Waals surface area (Å²) >= 11 is 3.51. The van der Waals surface area contributed by atoms with Crippen LogP contribution in [-0.2, 0) is 5.54 Å². The Bertz CT molecular complexity index is 555. The number of nitrogens with zero attached hydrogens (tertiary/aromatic N) is 1. The van der Waals surface area contributed by atoms with Crippen molar-refractivity contribution in [2.24, 2.45) is 0 Å². The summed E-state index contributed by atoms with van der Waals surface area (Å²) in [6.07, 6.45) is 2.12. The minimum atomic E-state index is -0.0305. The van der Waals surface area contributed by atoms with Crippen molar-refractivity contribution in [1.82, 2.24) is 4.57 Å². The lowest BCUT2D eigenvalue weighted by Crippen LogP contribution is -2.34. The SMILES string of the molecule is CC1(C)Nc2cc(Br)ccc2-n2cccc21. The Morgan fingerprint density at radius 2 is 2.06 bits per heavy atom. The van der Waals surface area contributed by atoms with E-state index < -0.39 is 0 Å². The lowest BCUT2D eigenvalue weighted by Gasteiger charge is -2.35. The van der Waals surface area contributed by atoms with E-state index in [1.165, 1.54) is 17.1 Å². The van der Waals surface area contributed by atoms with Crippen LogP contribution in [0.25, 0.3) is 5.69 Å². The average Bonchev–Trinajstić information content (AvgIpc) is 2.65. The summed E-state index contributed by atoms with van der Waals surface area (Å²) in [5.41, 5.74) is 3.64. The molecule has 0 saturated heterocycles. The van der Waals surface area contributed by atoms with Crippen LogP contribution in [0.15, 0.2) is 41.0 Å². The van der Waals surface area contributed by atoms with Crippen molar-refractivity contribution >= 4 is 21.6 Å². The summed E-state index contributed by atoms with van der Waals surface area (Å²) in [7, 11) is 0. The fraction of sp³-hybridized carbons (Fsp3) is 0.231. The highest BCUT2D eigenvalue weighted by atomic mass is 79.9. The zero-order valence-corrected chi connectivity index (χ0v) is 10.9. The van der Waals surface area contributed by atoms with E-state index >= 15 is 0 Å². The summed E-state index contributed by atoms with van der Waals surface area (Å²) in [5, 5.41) is 3.57. The number of hydrogen-bond acceptors (Lipinski definition) is 1. The zero-order valence-electron chi connectivity index (χ0n) is 9.29. The van der Waals surface area contributed by atoms with Gasteiger partial charge in [0.2, 0.25) is 0 Å². The van der Waals surface area contributed by atoms with E-state index in [0.717, 1.165) is 4.47 Å². The van der Waals surface area contributed by atoms with E-state index in [0.29, 0.717) is 0 Å². The number of anilines is 1. The first-order valence-electron chi connectivity index (χ1n) is 5.34. The molecule has 2 aromatic rings. The van der Waals surface area contributed by atoms with E-state index in [1.807, 2.05) is 0 Å². The fourth-order valence-electron chi connectivity index (χ4n) is 2.32. The van der Waals surface area contributed by atoms with Crippen LogP contribution in [0, 0.1) is 0 Å². The normalized spacial score (nSPS) is 16.2. The van der Waals surface area contributed by atoms with E-state index in [4.69, 9.17) is 0 Å². The van der Waals surface area contributed by atoms with E-state index in [9.17, 15) is 0 Å². The Morgan fingerprint density at radius 3 is 2.88 bits per heavy atom. The fourth-order valence-corrected chi connectivity index (χ4v) is 2.68. The maximum Gasteiger partial charge on any atom is 0.0723 e. The molecule has 0 fully saturated rings. The maximum atomic E-state index is 3.57. The number of fused-ring (bicyclic) bond motifs is 3. The van der Waals surface area contributed by atoms with E-state index in [2.05, 4.69) is 76.2 Å². The van der Waals surface area contributed by atoms with Crippen molar-refractivity contribution in [1.29, 1.82) is 0 Å². The minimum absolute atomic E-state index is 0.0305. The maximum absolute atomic E-state index is 3.57. The highest BCUT2D eigenvalue weighted by Crippen LogP contribution is 2.37. The van der Waals surface area contributed by atoms with Gasteiger partial charge in [-0.3, -0.25) is 0 Å².